The fraction of sp³-hybridized carbons (Fsp3) is 0.611. The van der Waals surface area contributed by atoms with Gasteiger partial charge in [-0.25, -0.2) is 0 Å². The summed E-state index contributed by atoms with van der Waals surface area (Å²) < 4.78 is 0. The minimum atomic E-state index is 0.152. The van der Waals surface area contributed by atoms with Crippen molar-refractivity contribution in [2.24, 2.45) is 0 Å². The molecule has 0 spiro atoms. The van der Waals surface area contributed by atoms with Crippen LogP contribution in [-0.4, -0.2) is 42.1 Å². The molecular weight excluding hydrogens is 276 g/mol. The summed E-state index contributed by atoms with van der Waals surface area (Å²) in [6.07, 6.45) is 5.59. The van der Waals surface area contributed by atoms with Gasteiger partial charge in [0.2, 0.25) is 5.91 Å². The highest BCUT2D eigenvalue weighted by Gasteiger charge is 2.21. The molecule has 1 aromatic carbocycles. The highest BCUT2D eigenvalue weighted by molar-refractivity contribution is 5.77. The Morgan fingerprint density at radius 3 is 2.55 bits per heavy atom. The summed E-state index contributed by atoms with van der Waals surface area (Å²) in [6, 6.07) is 7.53. The highest BCUT2D eigenvalue weighted by Crippen LogP contribution is 2.28. The predicted molar refractivity (Wildman–Crippen MR) is 89.1 cm³/mol. The Hall–Kier alpha value is -1.55. The van der Waals surface area contributed by atoms with E-state index in [-0.39, 0.29) is 5.91 Å². The van der Waals surface area contributed by atoms with Crippen LogP contribution in [0.4, 0.5) is 0 Å². The molecule has 0 saturated carbocycles. The van der Waals surface area contributed by atoms with Crippen LogP contribution >= 0.6 is 0 Å². The maximum Gasteiger partial charge on any atom is 0.234 e. The zero-order chi connectivity index (χ0) is 15.8. The maximum atomic E-state index is 11.9. The van der Waals surface area contributed by atoms with E-state index in [0.717, 1.165) is 38.9 Å². The summed E-state index contributed by atoms with van der Waals surface area (Å²) >= 11 is 0. The van der Waals surface area contributed by atoms with Gasteiger partial charge in [-0.1, -0.05) is 31.9 Å². The number of likely N-dealkylation sites (tertiary alicyclic amines) is 1. The number of phenols is 1. The number of hydrogen-bond donors (Lipinski definition) is 2. The second-order valence-electron chi connectivity index (χ2n) is 6.20. The van der Waals surface area contributed by atoms with Gasteiger partial charge in [0.25, 0.3) is 0 Å². The zero-order valence-corrected chi connectivity index (χ0v) is 13.6. The van der Waals surface area contributed by atoms with E-state index >= 15 is 0 Å². The SMILES string of the molecule is CCCCCNC(=O)CN1CCC(c2ccc(O)cc2)CC1. The summed E-state index contributed by atoms with van der Waals surface area (Å²) in [5.74, 6) is 1.02. The summed E-state index contributed by atoms with van der Waals surface area (Å²) in [6.45, 7) is 5.42. The molecule has 0 unspecified atom stereocenters. The van der Waals surface area contributed by atoms with E-state index in [1.807, 2.05) is 12.1 Å². The van der Waals surface area contributed by atoms with E-state index in [1.54, 1.807) is 12.1 Å². The number of piperidine rings is 1. The minimum absolute atomic E-state index is 0.152. The average Bonchev–Trinajstić information content (AvgIpc) is 2.53. The van der Waals surface area contributed by atoms with Crippen molar-refractivity contribution in [2.45, 2.75) is 44.9 Å². The minimum Gasteiger partial charge on any atom is -0.508 e. The zero-order valence-electron chi connectivity index (χ0n) is 13.6. The number of nitrogens with one attached hydrogen (secondary N) is 1. The van der Waals surface area contributed by atoms with Gasteiger partial charge in [0, 0.05) is 6.54 Å². The molecule has 1 fully saturated rings. The van der Waals surface area contributed by atoms with E-state index in [9.17, 15) is 9.90 Å². The molecule has 0 radical (unpaired) electrons. The normalized spacial score (nSPS) is 16.6. The summed E-state index contributed by atoms with van der Waals surface area (Å²) in [5, 5.41) is 12.4. The largest absolute Gasteiger partial charge is 0.508 e. The lowest BCUT2D eigenvalue weighted by atomic mass is 9.89. The molecule has 0 atom stereocenters. The quantitative estimate of drug-likeness (QED) is 0.762. The first kappa shape index (κ1) is 16.8. The van der Waals surface area contributed by atoms with Crippen LogP contribution in [-0.2, 0) is 4.79 Å². The average molecular weight is 304 g/mol. The second kappa shape index (κ2) is 8.79. The lowest BCUT2D eigenvalue weighted by molar-refractivity contribution is -0.122. The van der Waals surface area contributed by atoms with Crippen molar-refractivity contribution in [2.75, 3.05) is 26.2 Å². The Bertz CT molecular complexity index is 451. The number of rotatable bonds is 7. The van der Waals surface area contributed by atoms with Gasteiger partial charge in [0.15, 0.2) is 0 Å². The van der Waals surface area contributed by atoms with Gasteiger partial charge in [-0.2, -0.15) is 0 Å². The standard InChI is InChI=1S/C18H28N2O2/c1-2-3-4-11-19-18(22)14-20-12-9-16(10-13-20)15-5-7-17(21)8-6-15/h5-8,16,21H,2-4,9-14H2,1H3,(H,19,22). The third-order valence-electron chi connectivity index (χ3n) is 4.42. The van der Waals surface area contributed by atoms with Gasteiger partial charge in [-0.3, -0.25) is 9.69 Å². The Balaban J connectivity index is 1.68. The van der Waals surface area contributed by atoms with Crippen LogP contribution in [0.1, 0.15) is 50.5 Å². The van der Waals surface area contributed by atoms with Crippen LogP contribution in [0.2, 0.25) is 0 Å². The number of aromatic hydroxyl groups is 1. The first-order valence-electron chi connectivity index (χ1n) is 8.47. The van der Waals surface area contributed by atoms with Crippen LogP contribution in [0.15, 0.2) is 24.3 Å². The topological polar surface area (TPSA) is 52.6 Å². The Morgan fingerprint density at radius 2 is 1.91 bits per heavy atom. The molecule has 4 nitrogen and oxygen atoms in total. The smallest absolute Gasteiger partial charge is 0.234 e. The molecule has 0 aromatic heterocycles. The molecule has 1 aromatic rings. The second-order valence-corrected chi connectivity index (χ2v) is 6.20. The number of carbonyl (C=O) groups excluding carboxylic acids is 1. The van der Waals surface area contributed by atoms with Gasteiger partial charge < -0.3 is 10.4 Å². The van der Waals surface area contributed by atoms with Gasteiger partial charge in [0.05, 0.1) is 6.54 Å². The molecular formula is C18H28N2O2. The van der Waals surface area contributed by atoms with Crippen LogP contribution in [0.5, 0.6) is 5.75 Å². The molecule has 0 aliphatic carbocycles. The number of unbranched alkanes of at least 4 members (excludes halogenated alkanes) is 2. The van der Waals surface area contributed by atoms with Crippen LogP contribution in [0, 0.1) is 0 Å². The first-order valence-corrected chi connectivity index (χ1v) is 8.47. The van der Waals surface area contributed by atoms with Crippen molar-refractivity contribution in [3.63, 3.8) is 0 Å². The number of carbonyl (C=O) groups is 1. The van der Waals surface area contributed by atoms with Crippen LogP contribution < -0.4 is 5.32 Å². The third kappa shape index (κ3) is 5.34. The van der Waals surface area contributed by atoms with Crippen molar-refractivity contribution < 1.29 is 9.90 Å². The third-order valence-corrected chi connectivity index (χ3v) is 4.42. The lowest BCUT2D eigenvalue weighted by Crippen LogP contribution is -2.41. The Kier molecular flexibility index (Phi) is 6.72. The monoisotopic (exact) mass is 304 g/mol. The Labute approximate surface area is 133 Å². The van der Waals surface area contributed by atoms with E-state index in [4.69, 9.17) is 0 Å². The van der Waals surface area contributed by atoms with Gasteiger partial charge in [0.1, 0.15) is 5.75 Å². The predicted octanol–water partition coefficient (Wildman–Crippen LogP) is 2.88. The molecule has 1 aliphatic heterocycles. The molecule has 2 rings (SSSR count). The molecule has 22 heavy (non-hydrogen) atoms. The van der Waals surface area contributed by atoms with E-state index in [0.29, 0.717) is 18.2 Å². The fourth-order valence-corrected chi connectivity index (χ4v) is 3.03. The molecule has 0 bridgehead atoms. The van der Waals surface area contributed by atoms with E-state index in [2.05, 4.69) is 17.1 Å². The van der Waals surface area contributed by atoms with Crippen molar-refractivity contribution in [3.8, 4) is 5.75 Å². The van der Waals surface area contributed by atoms with Crippen molar-refractivity contribution in [1.29, 1.82) is 0 Å². The van der Waals surface area contributed by atoms with Crippen molar-refractivity contribution in [1.82, 2.24) is 10.2 Å². The maximum absolute atomic E-state index is 11.9. The number of phenolic OH excluding ortho intramolecular Hbond substituents is 1. The lowest BCUT2D eigenvalue weighted by Gasteiger charge is -2.31. The van der Waals surface area contributed by atoms with Gasteiger partial charge in [-0.15, -0.1) is 0 Å². The fourth-order valence-electron chi connectivity index (χ4n) is 3.03. The van der Waals surface area contributed by atoms with Gasteiger partial charge >= 0.3 is 0 Å². The highest BCUT2D eigenvalue weighted by atomic mass is 16.3. The number of amides is 1. The van der Waals surface area contributed by atoms with Crippen molar-refractivity contribution in [3.05, 3.63) is 29.8 Å². The summed E-state index contributed by atoms with van der Waals surface area (Å²) in [5.41, 5.74) is 1.29. The number of hydrogen-bond acceptors (Lipinski definition) is 3. The molecule has 4 heteroatoms. The molecule has 1 aliphatic rings. The molecule has 122 valence electrons. The molecule has 2 N–H and O–H groups in total. The van der Waals surface area contributed by atoms with Crippen LogP contribution in [0.25, 0.3) is 0 Å². The van der Waals surface area contributed by atoms with E-state index in [1.165, 1.54) is 18.4 Å². The summed E-state index contributed by atoms with van der Waals surface area (Å²) in [4.78, 5) is 14.1. The molecule has 1 saturated heterocycles. The molecule has 1 heterocycles. The first-order chi connectivity index (χ1) is 10.7. The Morgan fingerprint density at radius 1 is 1.23 bits per heavy atom. The van der Waals surface area contributed by atoms with Gasteiger partial charge in [-0.05, 0) is 56.0 Å². The van der Waals surface area contributed by atoms with Crippen molar-refractivity contribution >= 4 is 5.91 Å². The number of nitrogens with zero attached hydrogens (tertiary/aromatic N) is 1. The number of benzene rings is 1. The summed E-state index contributed by atoms with van der Waals surface area (Å²) in [7, 11) is 0. The van der Waals surface area contributed by atoms with Crippen LogP contribution in [0.3, 0.4) is 0 Å². The molecule has 1 amide bonds. The van der Waals surface area contributed by atoms with E-state index < -0.39 is 0 Å².